The first-order valence-corrected chi connectivity index (χ1v) is 14.0. The van der Waals surface area contributed by atoms with Crippen LogP contribution in [-0.2, 0) is 16.0 Å². The second-order valence-electron chi connectivity index (χ2n) is 10.1. The number of benzene rings is 3. The molecule has 0 spiro atoms. The fourth-order valence-corrected chi connectivity index (χ4v) is 4.28. The van der Waals surface area contributed by atoms with Gasteiger partial charge in [0.25, 0.3) is 0 Å². The summed E-state index contributed by atoms with van der Waals surface area (Å²) in [6.07, 6.45) is -6.21. The van der Waals surface area contributed by atoms with Crippen LogP contribution in [0.25, 0.3) is 22.0 Å². The largest absolute Gasteiger partial charge is 0.494 e. The standard InChI is InChI=1S/C28H25F2N5O.2C2HF3O2/c1-3-16-11-22(25(30)24(12-16)36-2)26(28-33-15-23(35-28)18-5-4-6-19(29)13-18)34-20-7-8-21-17(14-20)9-10-32-27(21)31;2*3-2(4,5)1(6)7/h4-15,26,34H,3H2,1-2H3,(H2,31,32)(H,33,35);2*(H,6,7). The number of imidazole rings is 1. The van der Waals surface area contributed by atoms with Gasteiger partial charge in [0.1, 0.15) is 23.5 Å². The number of aromatic amines is 1. The van der Waals surface area contributed by atoms with Crippen molar-refractivity contribution in [3.05, 3.63) is 102 Å². The van der Waals surface area contributed by atoms with Crippen LogP contribution in [-0.4, -0.2) is 56.6 Å². The zero-order valence-electron chi connectivity index (χ0n) is 25.8. The number of carbonyl (C=O) groups is 2. The third-order valence-corrected chi connectivity index (χ3v) is 6.66. The molecule has 0 aliphatic rings. The summed E-state index contributed by atoms with van der Waals surface area (Å²) in [4.78, 5) is 29.7. The van der Waals surface area contributed by atoms with Gasteiger partial charge < -0.3 is 31.0 Å². The van der Waals surface area contributed by atoms with Crippen LogP contribution in [0.3, 0.4) is 0 Å². The van der Waals surface area contributed by atoms with E-state index in [2.05, 4.69) is 20.3 Å². The van der Waals surface area contributed by atoms with E-state index in [4.69, 9.17) is 30.3 Å². The fourth-order valence-electron chi connectivity index (χ4n) is 4.28. The van der Waals surface area contributed by atoms with E-state index in [1.165, 1.54) is 19.2 Å². The molecule has 50 heavy (non-hydrogen) atoms. The van der Waals surface area contributed by atoms with Gasteiger partial charge in [0, 0.05) is 28.4 Å². The zero-order valence-corrected chi connectivity index (χ0v) is 25.8. The summed E-state index contributed by atoms with van der Waals surface area (Å²) in [6, 6.07) is 16.6. The van der Waals surface area contributed by atoms with E-state index in [1.54, 1.807) is 30.6 Å². The SMILES string of the molecule is CCc1cc(OC)c(F)c(C(Nc2ccc3c(N)nccc3c2)c2ncc(-c3cccc(F)c3)[nH]2)c1.O=C(O)C(F)(F)F.O=C(O)C(F)(F)F. The zero-order chi connectivity index (χ0) is 37.4. The molecule has 5 rings (SSSR count). The van der Waals surface area contributed by atoms with Crippen LogP contribution in [0.15, 0.2) is 73.1 Å². The average molecular weight is 714 g/mol. The fraction of sp³-hybridized carbons (Fsp3) is 0.188. The van der Waals surface area contributed by atoms with Gasteiger partial charge in [-0.1, -0.05) is 25.1 Å². The van der Waals surface area contributed by atoms with E-state index < -0.39 is 36.2 Å². The van der Waals surface area contributed by atoms with E-state index >= 15 is 4.39 Å². The molecular weight excluding hydrogens is 686 g/mol. The summed E-state index contributed by atoms with van der Waals surface area (Å²) < 4.78 is 98.3. The van der Waals surface area contributed by atoms with E-state index in [1.807, 2.05) is 37.3 Å². The molecule has 0 saturated heterocycles. The van der Waals surface area contributed by atoms with Gasteiger partial charge in [-0.2, -0.15) is 26.3 Å². The van der Waals surface area contributed by atoms with Gasteiger partial charge in [0.05, 0.1) is 19.0 Å². The van der Waals surface area contributed by atoms with Crippen LogP contribution in [0.4, 0.5) is 46.6 Å². The second-order valence-corrected chi connectivity index (χ2v) is 10.1. The quantitative estimate of drug-likeness (QED) is 0.107. The number of nitrogens with one attached hydrogen (secondary N) is 2. The lowest BCUT2D eigenvalue weighted by Crippen LogP contribution is -2.21. The molecule has 3 aromatic carbocycles. The topological polar surface area (TPSA) is 163 Å². The number of rotatable bonds is 7. The summed E-state index contributed by atoms with van der Waals surface area (Å²) in [6.45, 7) is 2.00. The van der Waals surface area contributed by atoms with Crippen molar-refractivity contribution in [3.63, 3.8) is 0 Å². The maximum Gasteiger partial charge on any atom is 0.490 e. The molecule has 0 bridgehead atoms. The number of hydrogen-bond acceptors (Lipinski definition) is 7. The first-order chi connectivity index (χ1) is 23.3. The van der Waals surface area contributed by atoms with E-state index in [0.717, 1.165) is 22.0 Å². The Kier molecular flexibility index (Phi) is 12.3. The Morgan fingerprint density at radius 3 is 2.14 bits per heavy atom. The number of alkyl halides is 6. The number of aromatic nitrogens is 3. The number of aliphatic carboxylic acids is 2. The number of halogens is 8. The number of nitrogens with two attached hydrogens (primary N) is 1. The van der Waals surface area contributed by atoms with Gasteiger partial charge in [0.2, 0.25) is 0 Å². The molecule has 0 saturated carbocycles. The Labute approximate surface area is 277 Å². The van der Waals surface area contributed by atoms with Crippen LogP contribution in [0.5, 0.6) is 5.75 Å². The number of anilines is 2. The molecule has 6 N–H and O–H groups in total. The monoisotopic (exact) mass is 713 g/mol. The molecule has 0 amide bonds. The van der Waals surface area contributed by atoms with Crippen molar-refractivity contribution < 1.29 is 59.7 Å². The van der Waals surface area contributed by atoms with Crippen molar-refractivity contribution in [3.8, 4) is 17.0 Å². The molecule has 2 aromatic heterocycles. The number of carboxylic acid groups (broad SMARTS) is 2. The van der Waals surface area contributed by atoms with Gasteiger partial charge in [0.15, 0.2) is 11.6 Å². The Bertz CT molecular complexity index is 1940. The van der Waals surface area contributed by atoms with Crippen molar-refractivity contribution in [2.75, 3.05) is 18.2 Å². The molecular formula is C32H27F8N5O5. The number of nitrogens with zero attached hydrogens (tertiary/aromatic N) is 2. The van der Waals surface area contributed by atoms with E-state index in [0.29, 0.717) is 34.9 Å². The minimum Gasteiger partial charge on any atom is -0.494 e. The summed E-state index contributed by atoms with van der Waals surface area (Å²) in [5, 5.41) is 19.4. The molecule has 0 fully saturated rings. The van der Waals surface area contributed by atoms with Crippen LogP contribution < -0.4 is 15.8 Å². The number of pyridine rings is 1. The maximum atomic E-state index is 15.6. The molecule has 10 nitrogen and oxygen atoms in total. The lowest BCUT2D eigenvalue weighted by Gasteiger charge is -2.21. The molecule has 0 radical (unpaired) electrons. The van der Waals surface area contributed by atoms with Crippen molar-refractivity contribution in [1.29, 1.82) is 0 Å². The highest BCUT2D eigenvalue weighted by molar-refractivity contribution is 5.93. The normalized spacial score (nSPS) is 11.8. The van der Waals surface area contributed by atoms with Crippen molar-refractivity contribution in [2.45, 2.75) is 31.7 Å². The number of hydrogen-bond donors (Lipinski definition) is 5. The number of carboxylic acids is 2. The predicted octanol–water partition coefficient (Wildman–Crippen LogP) is 7.52. The third-order valence-electron chi connectivity index (χ3n) is 6.66. The molecule has 5 aromatic rings. The lowest BCUT2D eigenvalue weighted by molar-refractivity contribution is -0.193. The summed E-state index contributed by atoms with van der Waals surface area (Å²) in [7, 11) is 1.45. The molecule has 0 aliphatic heterocycles. The van der Waals surface area contributed by atoms with Gasteiger partial charge >= 0.3 is 24.3 Å². The van der Waals surface area contributed by atoms with Crippen molar-refractivity contribution in [1.82, 2.24) is 15.0 Å². The molecule has 1 atom stereocenters. The molecule has 2 heterocycles. The average Bonchev–Trinajstić information content (AvgIpc) is 3.54. The van der Waals surface area contributed by atoms with E-state index in [9.17, 15) is 30.7 Å². The van der Waals surface area contributed by atoms with Gasteiger partial charge in [-0.3, -0.25) is 0 Å². The van der Waals surface area contributed by atoms with Crippen LogP contribution in [0.1, 0.15) is 29.9 Å². The number of aryl methyl sites for hydroxylation is 1. The minimum atomic E-state index is -5.08. The first-order valence-electron chi connectivity index (χ1n) is 14.0. The smallest absolute Gasteiger partial charge is 0.490 e. The highest BCUT2D eigenvalue weighted by Crippen LogP contribution is 2.34. The Hall–Kier alpha value is -5.94. The Morgan fingerprint density at radius 1 is 0.940 bits per heavy atom. The number of fused-ring (bicyclic) bond motifs is 1. The third kappa shape index (κ3) is 10.0. The maximum absolute atomic E-state index is 15.6. The van der Waals surface area contributed by atoms with Gasteiger partial charge in [-0.15, -0.1) is 0 Å². The molecule has 266 valence electrons. The van der Waals surface area contributed by atoms with Gasteiger partial charge in [-0.25, -0.2) is 28.3 Å². The summed E-state index contributed by atoms with van der Waals surface area (Å²) in [5.74, 6) is -5.28. The predicted molar refractivity (Wildman–Crippen MR) is 165 cm³/mol. The molecule has 18 heteroatoms. The summed E-state index contributed by atoms with van der Waals surface area (Å²) >= 11 is 0. The number of H-pyrrole nitrogens is 1. The molecule has 0 aliphatic carbocycles. The first kappa shape index (κ1) is 38.5. The second kappa shape index (κ2) is 16.0. The Morgan fingerprint density at radius 2 is 1.58 bits per heavy atom. The van der Waals surface area contributed by atoms with Crippen molar-refractivity contribution in [2.24, 2.45) is 0 Å². The van der Waals surface area contributed by atoms with E-state index in [-0.39, 0.29) is 11.6 Å². The minimum absolute atomic E-state index is 0.158. The highest BCUT2D eigenvalue weighted by Gasteiger charge is 2.39. The van der Waals surface area contributed by atoms with Crippen LogP contribution >= 0.6 is 0 Å². The van der Waals surface area contributed by atoms with Crippen LogP contribution in [0.2, 0.25) is 0 Å². The Balaban J connectivity index is 0.000000408. The highest BCUT2D eigenvalue weighted by atomic mass is 19.4. The molecule has 1 unspecified atom stereocenters. The summed E-state index contributed by atoms with van der Waals surface area (Å²) in [5.41, 5.74) is 9.30. The number of nitrogen functional groups attached to an aromatic ring is 1. The number of methoxy groups -OCH3 is 1. The number of ether oxygens (including phenoxy) is 1. The van der Waals surface area contributed by atoms with Crippen molar-refractivity contribution >= 4 is 34.2 Å². The van der Waals surface area contributed by atoms with Crippen LogP contribution in [0, 0.1) is 11.6 Å². The lowest BCUT2D eigenvalue weighted by atomic mass is 9.99. The van der Waals surface area contributed by atoms with Gasteiger partial charge in [-0.05, 0) is 59.8 Å².